The zero-order valence-electron chi connectivity index (χ0n) is 13.5. The molecule has 2 rings (SSSR count). The first-order valence-electron chi connectivity index (χ1n) is 8.00. The standard InChI is InChI=1S/C17H26FN3O/c1-3-19-17(21-11-9-14(12-21)13-22-2)20-10-8-15-6-4-5-7-16(15)18/h4-7,14H,3,8-13H2,1-2H3,(H,19,20). The number of nitrogens with one attached hydrogen (secondary N) is 1. The van der Waals surface area contributed by atoms with Crippen LogP contribution in [0.2, 0.25) is 0 Å². The predicted molar refractivity (Wildman–Crippen MR) is 87.6 cm³/mol. The summed E-state index contributed by atoms with van der Waals surface area (Å²) in [7, 11) is 1.75. The molecule has 5 heteroatoms. The predicted octanol–water partition coefficient (Wildman–Crippen LogP) is 2.30. The number of aliphatic imine (C=N–C) groups is 1. The molecule has 1 aromatic carbocycles. The molecular formula is C17H26FN3O. The van der Waals surface area contributed by atoms with Crippen LogP contribution >= 0.6 is 0 Å². The smallest absolute Gasteiger partial charge is 0.193 e. The van der Waals surface area contributed by atoms with Gasteiger partial charge in [-0.2, -0.15) is 0 Å². The van der Waals surface area contributed by atoms with Gasteiger partial charge in [-0.25, -0.2) is 4.39 Å². The van der Waals surface area contributed by atoms with Gasteiger partial charge in [0.25, 0.3) is 0 Å². The molecule has 1 aromatic rings. The van der Waals surface area contributed by atoms with Gasteiger partial charge in [-0.05, 0) is 31.4 Å². The molecule has 1 aliphatic heterocycles. The Bertz CT molecular complexity index is 493. The fourth-order valence-electron chi connectivity index (χ4n) is 2.81. The van der Waals surface area contributed by atoms with Crippen molar-refractivity contribution in [3.63, 3.8) is 0 Å². The number of hydrogen-bond acceptors (Lipinski definition) is 2. The first-order chi connectivity index (χ1) is 10.7. The normalized spacial score (nSPS) is 18.8. The summed E-state index contributed by atoms with van der Waals surface area (Å²) in [6.45, 7) is 6.26. The largest absolute Gasteiger partial charge is 0.384 e. The summed E-state index contributed by atoms with van der Waals surface area (Å²) in [5.41, 5.74) is 0.723. The van der Waals surface area contributed by atoms with Gasteiger partial charge >= 0.3 is 0 Å². The maximum absolute atomic E-state index is 13.6. The Kier molecular flexibility index (Phi) is 6.65. The minimum Gasteiger partial charge on any atom is -0.384 e. The molecule has 0 aliphatic carbocycles. The van der Waals surface area contributed by atoms with Gasteiger partial charge in [-0.1, -0.05) is 18.2 Å². The second-order valence-electron chi connectivity index (χ2n) is 5.63. The molecule has 1 N–H and O–H groups in total. The number of likely N-dealkylation sites (tertiary alicyclic amines) is 1. The molecule has 1 aliphatic rings. The second kappa shape index (κ2) is 8.73. The highest BCUT2D eigenvalue weighted by molar-refractivity contribution is 5.80. The first-order valence-corrected chi connectivity index (χ1v) is 8.00. The Balaban J connectivity index is 1.92. The molecule has 1 atom stereocenters. The molecule has 1 unspecified atom stereocenters. The third kappa shape index (κ3) is 4.70. The summed E-state index contributed by atoms with van der Waals surface area (Å²) in [6, 6.07) is 6.90. The van der Waals surface area contributed by atoms with Gasteiger partial charge in [-0.15, -0.1) is 0 Å². The Hall–Kier alpha value is -1.62. The molecule has 4 nitrogen and oxygen atoms in total. The SMILES string of the molecule is CCNC(=NCCc1ccccc1F)N1CCC(COC)C1. The van der Waals surface area contributed by atoms with Crippen molar-refractivity contribution in [2.24, 2.45) is 10.9 Å². The third-order valence-corrected chi connectivity index (χ3v) is 3.92. The minimum atomic E-state index is -0.149. The maximum Gasteiger partial charge on any atom is 0.193 e. The lowest BCUT2D eigenvalue weighted by Crippen LogP contribution is -2.40. The van der Waals surface area contributed by atoms with Crippen LogP contribution in [0.1, 0.15) is 18.9 Å². The van der Waals surface area contributed by atoms with Gasteiger partial charge in [0.2, 0.25) is 0 Å². The van der Waals surface area contributed by atoms with Gasteiger partial charge in [-0.3, -0.25) is 4.99 Å². The van der Waals surface area contributed by atoms with Gasteiger partial charge in [0, 0.05) is 39.2 Å². The highest BCUT2D eigenvalue weighted by atomic mass is 19.1. The van der Waals surface area contributed by atoms with Gasteiger partial charge in [0.1, 0.15) is 5.82 Å². The molecule has 0 bridgehead atoms. The van der Waals surface area contributed by atoms with Gasteiger partial charge in [0.05, 0.1) is 6.61 Å². The van der Waals surface area contributed by atoms with Gasteiger partial charge < -0.3 is 15.0 Å². The Labute approximate surface area is 132 Å². The highest BCUT2D eigenvalue weighted by Gasteiger charge is 2.24. The van der Waals surface area contributed by atoms with Crippen LogP contribution in [0.15, 0.2) is 29.3 Å². The van der Waals surface area contributed by atoms with Crippen LogP contribution in [0, 0.1) is 11.7 Å². The molecule has 0 aromatic heterocycles. The van der Waals surface area contributed by atoms with Crippen LogP contribution in [0.5, 0.6) is 0 Å². The van der Waals surface area contributed by atoms with E-state index < -0.39 is 0 Å². The first kappa shape index (κ1) is 16.7. The summed E-state index contributed by atoms with van der Waals surface area (Å²) in [5.74, 6) is 1.35. The summed E-state index contributed by atoms with van der Waals surface area (Å²) < 4.78 is 18.8. The van der Waals surface area contributed by atoms with Crippen molar-refractivity contribution in [1.82, 2.24) is 10.2 Å². The van der Waals surface area contributed by atoms with Crippen molar-refractivity contribution in [3.05, 3.63) is 35.6 Å². The van der Waals surface area contributed by atoms with E-state index >= 15 is 0 Å². The molecule has 0 spiro atoms. The van der Waals surface area contributed by atoms with Crippen LogP contribution in [0.3, 0.4) is 0 Å². The van der Waals surface area contributed by atoms with Crippen LogP contribution in [0.4, 0.5) is 4.39 Å². The molecule has 0 radical (unpaired) electrons. The van der Waals surface area contributed by atoms with Crippen molar-refractivity contribution in [2.75, 3.05) is 39.9 Å². The molecule has 0 saturated carbocycles. The fourth-order valence-corrected chi connectivity index (χ4v) is 2.81. The number of benzene rings is 1. The Morgan fingerprint density at radius 1 is 1.45 bits per heavy atom. The second-order valence-corrected chi connectivity index (χ2v) is 5.63. The van der Waals surface area contributed by atoms with Crippen LogP contribution in [-0.2, 0) is 11.2 Å². The van der Waals surface area contributed by atoms with Crippen LogP contribution in [0.25, 0.3) is 0 Å². The number of rotatable bonds is 6. The minimum absolute atomic E-state index is 0.149. The van der Waals surface area contributed by atoms with Crippen LogP contribution < -0.4 is 5.32 Å². The molecular weight excluding hydrogens is 281 g/mol. The Morgan fingerprint density at radius 2 is 2.27 bits per heavy atom. The summed E-state index contributed by atoms with van der Waals surface area (Å²) in [5, 5.41) is 3.33. The number of ether oxygens (including phenoxy) is 1. The molecule has 1 saturated heterocycles. The van der Waals surface area contributed by atoms with E-state index in [0.717, 1.165) is 44.2 Å². The average Bonchev–Trinajstić information content (AvgIpc) is 2.97. The lowest BCUT2D eigenvalue weighted by atomic mass is 10.1. The quantitative estimate of drug-likeness (QED) is 0.647. The topological polar surface area (TPSA) is 36.9 Å². The van der Waals surface area contributed by atoms with Crippen molar-refractivity contribution in [3.8, 4) is 0 Å². The highest BCUT2D eigenvalue weighted by Crippen LogP contribution is 2.16. The zero-order valence-corrected chi connectivity index (χ0v) is 13.5. The van der Waals surface area contributed by atoms with E-state index in [1.54, 1.807) is 13.2 Å². The van der Waals surface area contributed by atoms with E-state index in [1.165, 1.54) is 6.07 Å². The lowest BCUT2D eigenvalue weighted by molar-refractivity contribution is 0.157. The molecule has 0 amide bonds. The maximum atomic E-state index is 13.6. The number of hydrogen-bond donors (Lipinski definition) is 1. The number of nitrogens with zero attached hydrogens (tertiary/aromatic N) is 2. The van der Waals surface area contributed by atoms with E-state index in [4.69, 9.17) is 4.74 Å². The zero-order chi connectivity index (χ0) is 15.8. The monoisotopic (exact) mass is 307 g/mol. The van der Waals surface area contributed by atoms with Crippen molar-refractivity contribution in [2.45, 2.75) is 19.8 Å². The summed E-state index contributed by atoms with van der Waals surface area (Å²) in [4.78, 5) is 6.92. The van der Waals surface area contributed by atoms with E-state index in [1.807, 2.05) is 12.1 Å². The molecule has 1 fully saturated rings. The third-order valence-electron chi connectivity index (χ3n) is 3.92. The summed E-state index contributed by atoms with van der Waals surface area (Å²) >= 11 is 0. The number of guanidine groups is 1. The van der Waals surface area contributed by atoms with Crippen molar-refractivity contribution < 1.29 is 9.13 Å². The number of halogens is 1. The van der Waals surface area contributed by atoms with Crippen molar-refractivity contribution in [1.29, 1.82) is 0 Å². The average molecular weight is 307 g/mol. The van der Waals surface area contributed by atoms with Crippen molar-refractivity contribution >= 4 is 5.96 Å². The van der Waals surface area contributed by atoms with Gasteiger partial charge in [0.15, 0.2) is 5.96 Å². The van der Waals surface area contributed by atoms with E-state index in [9.17, 15) is 4.39 Å². The van der Waals surface area contributed by atoms with E-state index in [0.29, 0.717) is 18.9 Å². The summed E-state index contributed by atoms with van der Waals surface area (Å²) in [6.07, 6.45) is 1.75. The number of methoxy groups -OCH3 is 1. The lowest BCUT2D eigenvalue weighted by Gasteiger charge is -2.21. The fraction of sp³-hybridized carbons (Fsp3) is 0.588. The molecule has 122 valence electrons. The molecule has 1 heterocycles. The van der Waals surface area contributed by atoms with Crippen LogP contribution in [-0.4, -0.2) is 50.8 Å². The Morgan fingerprint density at radius 3 is 3.00 bits per heavy atom. The van der Waals surface area contributed by atoms with E-state index in [-0.39, 0.29) is 5.82 Å². The molecule has 22 heavy (non-hydrogen) atoms. The van der Waals surface area contributed by atoms with E-state index in [2.05, 4.69) is 22.1 Å².